The number of likely N-dealkylation sites (tertiary alicyclic amines) is 1. The van der Waals surface area contributed by atoms with E-state index in [2.05, 4.69) is 59.3 Å². The average molecular weight is 525 g/mol. The standard InChI is InChI=1S/C23H35N5O.HI/c1-3-24-23(25-21-17-20(21)19-9-5-4-6-10-19)28-15-13-26(14-16-28)18(2)22(29)27-11-7-8-12-27;/h4-6,9-10,18,20-21H,3,7-8,11-17H2,1-2H3,(H,24,25);1H. The topological polar surface area (TPSA) is 51.2 Å². The van der Waals surface area contributed by atoms with E-state index in [0.29, 0.717) is 17.9 Å². The highest BCUT2D eigenvalue weighted by Gasteiger charge is 2.40. The van der Waals surface area contributed by atoms with E-state index >= 15 is 0 Å². The number of nitrogens with zero attached hydrogens (tertiary/aromatic N) is 4. The molecule has 0 aromatic heterocycles. The maximum absolute atomic E-state index is 12.7. The Bertz CT molecular complexity index is 714. The van der Waals surface area contributed by atoms with Gasteiger partial charge >= 0.3 is 0 Å². The first-order valence-electron chi connectivity index (χ1n) is 11.3. The number of rotatable bonds is 5. The summed E-state index contributed by atoms with van der Waals surface area (Å²) in [7, 11) is 0. The molecule has 1 amide bonds. The Morgan fingerprint density at radius 1 is 1.07 bits per heavy atom. The van der Waals surface area contributed by atoms with Gasteiger partial charge in [-0.3, -0.25) is 14.7 Å². The van der Waals surface area contributed by atoms with Gasteiger partial charge in [0.1, 0.15) is 0 Å². The first-order valence-corrected chi connectivity index (χ1v) is 11.3. The first kappa shape index (κ1) is 23.3. The summed E-state index contributed by atoms with van der Waals surface area (Å²) in [6.07, 6.45) is 3.48. The molecule has 1 saturated carbocycles. The van der Waals surface area contributed by atoms with Gasteiger partial charge in [-0.1, -0.05) is 30.3 Å². The highest BCUT2D eigenvalue weighted by molar-refractivity contribution is 14.0. The van der Waals surface area contributed by atoms with Gasteiger partial charge in [-0.15, -0.1) is 24.0 Å². The zero-order valence-electron chi connectivity index (χ0n) is 18.3. The van der Waals surface area contributed by atoms with Crippen LogP contribution in [0.15, 0.2) is 35.3 Å². The number of piperazine rings is 1. The number of benzene rings is 1. The third kappa shape index (κ3) is 5.46. The summed E-state index contributed by atoms with van der Waals surface area (Å²) < 4.78 is 0. The van der Waals surface area contributed by atoms with E-state index in [1.807, 2.05) is 4.90 Å². The van der Waals surface area contributed by atoms with Crippen LogP contribution in [0, 0.1) is 0 Å². The van der Waals surface area contributed by atoms with Gasteiger partial charge in [0.25, 0.3) is 0 Å². The summed E-state index contributed by atoms with van der Waals surface area (Å²) in [5, 5.41) is 3.70. The van der Waals surface area contributed by atoms with Gasteiger partial charge < -0.3 is 15.1 Å². The Hall–Kier alpha value is -1.35. The van der Waals surface area contributed by atoms with Crippen molar-refractivity contribution in [2.24, 2.45) is 4.99 Å². The molecule has 3 aliphatic rings. The van der Waals surface area contributed by atoms with Crippen molar-refractivity contribution in [1.82, 2.24) is 20.0 Å². The molecule has 6 nitrogen and oxygen atoms in total. The Balaban J connectivity index is 0.00000256. The molecule has 166 valence electrons. The van der Waals surface area contributed by atoms with Crippen LogP contribution in [0.2, 0.25) is 0 Å². The van der Waals surface area contributed by atoms with E-state index in [1.54, 1.807) is 0 Å². The molecule has 1 N–H and O–H groups in total. The Kier molecular flexibility index (Phi) is 8.39. The summed E-state index contributed by atoms with van der Waals surface area (Å²) in [4.78, 5) is 24.2. The van der Waals surface area contributed by atoms with E-state index in [1.165, 1.54) is 12.0 Å². The largest absolute Gasteiger partial charge is 0.353 e. The number of nitrogens with one attached hydrogen (secondary N) is 1. The fourth-order valence-corrected chi connectivity index (χ4v) is 4.65. The normalized spacial score (nSPS) is 25.6. The second-order valence-electron chi connectivity index (χ2n) is 8.53. The molecule has 2 aliphatic heterocycles. The Morgan fingerprint density at radius 2 is 1.73 bits per heavy atom. The zero-order valence-corrected chi connectivity index (χ0v) is 20.6. The summed E-state index contributed by atoms with van der Waals surface area (Å²) in [6, 6.07) is 11.2. The van der Waals surface area contributed by atoms with Crippen LogP contribution in [0.5, 0.6) is 0 Å². The van der Waals surface area contributed by atoms with Gasteiger partial charge in [-0.25, -0.2) is 0 Å². The van der Waals surface area contributed by atoms with Gasteiger partial charge in [0.2, 0.25) is 5.91 Å². The molecule has 3 atom stereocenters. The molecule has 4 rings (SSSR count). The SMILES string of the molecule is CCN=C(NC1CC1c1ccccc1)N1CCN(C(C)C(=O)N2CCCC2)CC1.I. The predicted molar refractivity (Wildman–Crippen MR) is 133 cm³/mol. The van der Waals surface area contributed by atoms with Gasteiger partial charge in [-0.2, -0.15) is 0 Å². The van der Waals surface area contributed by atoms with Crippen LogP contribution in [-0.2, 0) is 4.79 Å². The van der Waals surface area contributed by atoms with Crippen molar-refractivity contribution in [3.8, 4) is 0 Å². The summed E-state index contributed by atoms with van der Waals surface area (Å²) in [5.74, 6) is 1.94. The van der Waals surface area contributed by atoms with Crippen molar-refractivity contribution >= 4 is 35.8 Å². The second kappa shape index (κ2) is 10.8. The number of aliphatic imine (C=N–C) groups is 1. The third-order valence-electron chi connectivity index (χ3n) is 6.58. The highest BCUT2D eigenvalue weighted by atomic mass is 127. The number of guanidine groups is 1. The number of carbonyl (C=O) groups excluding carboxylic acids is 1. The molecule has 7 heteroatoms. The van der Waals surface area contributed by atoms with Crippen LogP contribution in [0.4, 0.5) is 0 Å². The lowest BCUT2D eigenvalue weighted by molar-refractivity contribution is -0.135. The molecule has 1 aromatic rings. The maximum atomic E-state index is 12.7. The molecule has 1 aromatic carbocycles. The molecule has 2 saturated heterocycles. The molecular weight excluding hydrogens is 489 g/mol. The van der Waals surface area contributed by atoms with Crippen LogP contribution in [0.1, 0.15) is 44.6 Å². The van der Waals surface area contributed by atoms with Crippen LogP contribution in [0.25, 0.3) is 0 Å². The Morgan fingerprint density at radius 3 is 2.37 bits per heavy atom. The van der Waals surface area contributed by atoms with Gasteiger partial charge in [0.15, 0.2) is 5.96 Å². The van der Waals surface area contributed by atoms with Gasteiger partial charge in [0.05, 0.1) is 6.04 Å². The Labute approximate surface area is 198 Å². The molecule has 0 bridgehead atoms. The van der Waals surface area contributed by atoms with E-state index in [4.69, 9.17) is 4.99 Å². The van der Waals surface area contributed by atoms with Crippen LogP contribution < -0.4 is 5.32 Å². The lowest BCUT2D eigenvalue weighted by Crippen LogP contribution is -2.57. The summed E-state index contributed by atoms with van der Waals surface area (Å²) in [6.45, 7) is 10.5. The molecule has 1 aliphatic carbocycles. The van der Waals surface area contributed by atoms with Crippen molar-refractivity contribution in [2.45, 2.75) is 51.1 Å². The van der Waals surface area contributed by atoms with E-state index in [9.17, 15) is 4.79 Å². The maximum Gasteiger partial charge on any atom is 0.239 e. The minimum absolute atomic E-state index is 0. The average Bonchev–Trinajstić information content (AvgIpc) is 3.31. The summed E-state index contributed by atoms with van der Waals surface area (Å²) >= 11 is 0. The number of carbonyl (C=O) groups is 1. The number of hydrogen-bond acceptors (Lipinski definition) is 3. The van der Waals surface area contributed by atoms with Crippen molar-refractivity contribution in [3.63, 3.8) is 0 Å². The molecule has 3 unspecified atom stereocenters. The monoisotopic (exact) mass is 525 g/mol. The predicted octanol–water partition coefficient (Wildman–Crippen LogP) is 2.75. The molecule has 2 heterocycles. The molecule has 0 spiro atoms. The lowest BCUT2D eigenvalue weighted by Gasteiger charge is -2.39. The molecule has 3 fully saturated rings. The number of hydrogen-bond donors (Lipinski definition) is 1. The lowest BCUT2D eigenvalue weighted by atomic mass is 10.1. The van der Waals surface area contributed by atoms with E-state index < -0.39 is 0 Å². The zero-order chi connectivity index (χ0) is 20.2. The van der Waals surface area contributed by atoms with Crippen molar-refractivity contribution in [1.29, 1.82) is 0 Å². The minimum Gasteiger partial charge on any atom is -0.353 e. The molecule has 30 heavy (non-hydrogen) atoms. The van der Waals surface area contributed by atoms with Gasteiger partial charge in [-0.05, 0) is 38.7 Å². The molecular formula is C23H36IN5O. The van der Waals surface area contributed by atoms with E-state index in [0.717, 1.165) is 64.6 Å². The quantitative estimate of drug-likeness (QED) is 0.365. The van der Waals surface area contributed by atoms with Crippen LogP contribution in [-0.4, -0.2) is 84.5 Å². The fraction of sp³-hybridized carbons (Fsp3) is 0.652. The highest BCUT2D eigenvalue weighted by Crippen LogP contribution is 2.40. The van der Waals surface area contributed by atoms with Crippen molar-refractivity contribution in [2.75, 3.05) is 45.8 Å². The van der Waals surface area contributed by atoms with Crippen molar-refractivity contribution in [3.05, 3.63) is 35.9 Å². The number of amides is 1. The number of halogens is 1. The molecule has 0 radical (unpaired) electrons. The van der Waals surface area contributed by atoms with Crippen molar-refractivity contribution < 1.29 is 4.79 Å². The van der Waals surface area contributed by atoms with Crippen LogP contribution >= 0.6 is 24.0 Å². The minimum atomic E-state index is -0.0133. The fourth-order valence-electron chi connectivity index (χ4n) is 4.65. The third-order valence-corrected chi connectivity index (χ3v) is 6.58. The second-order valence-corrected chi connectivity index (χ2v) is 8.53. The van der Waals surface area contributed by atoms with E-state index in [-0.39, 0.29) is 30.0 Å². The first-order chi connectivity index (χ1) is 14.2. The van der Waals surface area contributed by atoms with Crippen LogP contribution in [0.3, 0.4) is 0 Å². The summed E-state index contributed by atoms with van der Waals surface area (Å²) in [5.41, 5.74) is 1.42. The van der Waals surface area contributed by atoms with Gasteiger partial charge in [0, 0.05) is 57.8 Å². The smallest absolute Gasteiger partial charge is 0.239 e.